The molecule has 1 aliphatic heterocycles. The molecule has 1 heterocycles. The number of amides is 2. The van der Waals surface area contributed by atoms with Gasteiger partial charge in [0.1, 0.15) is 0 Å². The molecular weight excluding hydrogens is 342 g/mol. The van der Waals surface area contributed by atoms with E-state index in [0.717, 1.165) is 12.8 Å². The van der Waals surface area contributed by atoms with Crippen LogP contribution in [-0.4, -0.2) is 73.6 Å². The summed E-state index contributed by atoms with van der Waals surface area (Å²) < 4.78 is 26.9. The van der Waals surface area contributed by atoms with E-state index < -0.39 is 10.0 Å². The molecule has 8 heteroatoms. The molecule has 25 heavy (non-hydrogen) atoms. The molecule has 3 rings (SSSR count). The summed E-state index contributed by atoms with van der Waals surface area (Å²) in [7, 11) is -2.13. The topological polar surface area (TPSA) is 78.0 Å². The van der Waals surface area contributed by atoms with E-state index in [1.807, 2.05) is 6.92 Å². The lowest BCUT2D eigenvalue weighted by Gasteiger charge is -2.33. The average Bonchev–Trinajstić information content (AvgIpc) is 3.45. The van der Waals surface area contributed by atoms with E-state index in [-0.39, 0.29) is 29.8 Å². The number of carbonyl (C=O) groups is 2. The Morgan fingerprint density at radius 3 is 2.60 bits per heavy atom. The quantitative estimate of drug-likeness (QED) is 0.772. The minimum absolute atomic E-state index is 0.0514. The zero-order valence-electron chi connectivity index (χ0n) is 14.5. The Morgan fingerprint density at radius 1 is 1.28 bits per heavy atom. The summed E-state index contributed by atoms with van der Waals surface area (Å²) in [6.07, 6.45) is 2.02. The van der Waals surface area contributed by atoms with Crippen LogP contribution in [0, 0.1) is 0 Å². The van der Waals surface area contributed by atoms with Gasteiger partial charge in [0.05, 0.1) is 11.4 Å². The lowest BCUT2D eigenvalue weighted by atomic mass is 10.2. The van der Waals surface area contributed by atoms with Crippen LogP contribution >= 0.6 is 0 Å². The second-order valence-electron chi connectivity index (χ2n) is 6.50. The van der Waals surface area contributed by atoms with Crippen LogP contribution < -0.4 is 0 Å². The van der Waals surface area contributed by atoms with Crippen LogP contribution in [0.4, 0.5) is 0 Å². The van der Waals surface area contributed by atoms with Gasteiger partial charge < -0.3 is 9.80 Å². The van der Waals surface area contributed by atoms with Gasteiger partial charge in [-0.25, -0.2) is 8.42 Å². The number of benzene rings is 1. The molecular formula is C17H23N3O4S. The highest BCUT2D eigenvalue weighted by atomic mass is 32.2. The molecule has 2 aliphatic rings. The molecule has 2 fully saturated rings. The van der Waals surface area contributed by atoms with E-state index in [1.54, 1.807) is 24.1 Å². The number of piperazine rings is 1. The third-order valence-electron chi connectivity index (χ3n) is 4.75. The highest BCUT2D eigenvalue weighted by Crippen LogP contribution is 2.29. The molecule has 1 aliphatic carbocycles. The minimum atomic E-state index is -3.80. The SMILES string of the molecule is CCN(C)C(=O)c1cccc(S(=O)(=O)N2CCN(C3CC3)C(=O)C2)c1. The molecule has 2 amide bonds. The standard InChI is InChI=1S/C17H23N3O4S/c1-3-18(2)17(22)13-5-4-6-15(11-13)25(23,24)19-9-10-20(14-7-8-14)16(21)12-19/h4-6,11,14H,3,7-10,12H2,1-2H3. The van der Waals surface area contributed by atoms with Crippen LogP contribution in [0.15, 0.2) is 29.2 Å². The molecule has 1 aromatic carbocycles. The van der Waals surface area contributed by atoms with Gasteiger partial charge in [-0.05, 0) is 38.0 Å². The van der Waals surface area contributed by atoms with Crippen LogP contribution in [0.2, 0.25) is 0 Å². The number of carbonyl (C=O) groups excluding carboxylic acids is 2. The van der Waals surface area contributed by atoms with E-state index in [9.17, 15) is 18.0 Å². The summed E-state index contributed by atoms with van der Waals surface area (Å²) in [5.41, 5.74) is 0.327. The van der Waals surface area contributed by atoms with Gasteiger partial charge in [-0.1, -0.05) is 6.07 Å². The van der Waals surface area contributed by atoms with Gasteiger partial charge in [0, 0.05) is 38.3 Å². The molecule has 0 radical (unpaired) electrons. The Balaban J connectivity index is 1.80. The normalized spacial score (nSPS) is 19.1. The molecule has 7 nitrogen and oxygen atoms in total. The first-order valence-corrected chi connectivity index (χ1v) is 9.93. The summed E-state index contributed by atoms with van der Waals surface area (Å²) in [4.78, 5) is 27.8. The van der Waals surface area contributed by atoms with Crippen LogP contribution in [-0.2, 0) is 14.8 Å². The van der Waals surface area contributed by atoms with E-state index in [4.69, 9.17) is 0 Å². The second kappa shape index (κ2) is 6.76. The number of nitrogens with zero attached hydrogens (tertiary/aromatic N) is 3. The van der Waals surface area contributed by atoms with Crippen molar-refractivity contribution in [2.75, 3.05) is 33.2 Å². The summed E-state index contributed by atoms with van der Waals surface area (Å²) in [6, 6.07) is 6.32. The second-order valence-corrected chi connectivity index (χ2v) is 8.44. The number of rotatable bonds is 5. The van der Waals surface area contributed by atoms with Crippen LogP contribution in [0.25, 0.3) is 0 Å². The fourth-order valence-corrected chi connectivity index (χ4v) is 4.37. The zero-order chi connectivity index (χ0) is 18.2. The van der Waals surface area contributed by atoms with E-state index in [2.05, 4.69) is 0 Å². The van der Waals surface area contributed by atoms with Crippen molar-refractivity contribution in [3.8, 4) is 0 Å². The molecule has 0 atom stereocenters. The van der Waals surface area contributed by atoms with Crippen LogP contribution in [0.5, 0.6) is 0 Å². The largest absolute Gasteiger partial charge is 0.342 e. The predicted molar refractivity (Wildman–Crippen MR) is 92.6 cm³/mol. The Labute approximate surface area is 148 Å². The maximum absolute atomic E-state index is 12.9. The van der Waals surface area contributed by atoms with Gasteiger partial charge in [-0.2, -0.15) is 4.31 Å². The van der Waals surface area contributed by atoms with Gasteiger partial charge >= 0.3 is 0 Å². The number of hydrogen-bond acceptors (Lipinski definition) is 4. The van der Waals surface area contributed by atoms with Crippen molar-refractivity contribution in [2.45, 2.75) is 30.7 Å². The summed E-state index contributed by atoms with van der Waals surface area (Å²) in [5, 5.41) is 0. The number of hydrogen-bond donors (Lipinski definition) is 0. The van der Waals surface area contributed by atoms with Crippen LogP contribution in [0.1, 0.15) is 30.1 Å². The van der Waals surface area contributed by atoms with E-state index >= 15 is 0 Å². The van der Waals surface area contributed by atoms with Crippen molar-refractivity contribution in [3.63, 3.8) is 0 Å². The van der Waals surface area contributed by atoms with Gasteiger partial charge in [0.15, 0.2) is 0 Å². The Kier molecular flexibility index (Phi) is 4.83. The molecule has 0 spiro atoms. The first-order chi connectivity index (χ1) is 11.8. The summed E-state index contributed by atoms with van der Waals surface area (Å²) in [6.45, 7) is 2.97. The molecule has 0 bridgehead atoms. The molecule has 0 aromatic heterocycles. The molecule has 0 N–H and O–H groups in total. The fourth-order valence-electron chi connectivity index (χ4n) is 2.94. The van der Waals surface area contributed by atoms with Crippen molar-refractivity contribution >= 4 is 21.8 Å². The van der Waals surface area contributed by atoms with Gasteiger partial charge in [-0.15, -0.1) is 0 Å². The van der Waals surface area contributed by atoms with Gasteiger partial charge in [0.25, 0.3) is 5.91 Å². The predicted octanol–water partition coefficient (Wildman–Crippen LogP) is 0.774. The van der Waals surface area contributed by atoms with Crippen molar-refractivity contribution < 1.29 is 18.0 Å². The molecule has 1 aromatic rings. The van der Waals surface area contributed by atoms with Gasteiger partial charge in [-0.3, -0.25) is 9.59 Å². The first kappa shape index (κ1) is 17.9. The maximum Gasteiger partial charge on any atom is 0.253 e. The summed E-state index contributed by atoms with van der Waals surface area (Å²) >= 11 is 0. The smallest absolute Gasteiger partial charge is 0.253 e. The highest BCUT2D eigenvalue weighted by molar-refractivity contribution is 7.89. The van der Waals surface area contributed by atoms with Crippen molar-refractivity contribution in [2.24, 2.45) is 0 Å². The van der Waals surface area contributed by atoms with E-state index in [0.29, 0.717) is 24.7 Å². The Hall–Kier alpha value is -1.93. The molecule has 1 saturated carbocycles. The van der Waals surface area contributed by atoms with Crippen LogP contribution in [0.3, 0.4) is 0 Å². The lowest BCUT2D eigenvalue weighted by Crippen LogP contribution is -2.52. The van der Waals surface area contributed by atoms with Gasteiger partial charge in [0.2, 0.25) is 15.9 Å². The molecule has 1 saturated heterocycles. The zero-order valence-corrected chi connectivity index (χ0v) is 15.3. The Bertz CT molecular complexity index is 789. The maximum atomic E-state index is 12.9. The molecule has 0 unspecified atom stereocenters. The summed E-state index contributed by atoms with van der Waals surface area (Å²) in [5.74, 6) is -0.371. The third kappa shape index (κ3) is 3.55. The number of sulfonamides is 1. The minimum Gasteiger partial charge on any atom is -0.342 e. The van der Waals surface area contributed by atoms with Crippen molar-refractivity contribution in [1.29, 1.82) is 0 Å². The average molecular weight is 365 g/mol. The monoisotopic (exact) mass is 365 g/mol. The third-order valence-corrected chi connectivity index (χ3v) is 6.59. The first-order valence-electron chi connectivity index (χ1n) is 8.49. The lowest BCUT2D eigenvalue weighted by molar-refractivity contribution is -0.134. The van der Waals surface area contributed by atoms with E-state index in [1.165, 1.54) is 21.3 Å². The Morgan fingerprint density at radius 2 is 2.00 bits per heavy atom. The van der Waals surface area contributed by atoms with Crippen molar-refractivity contribution in [1.82, 2.24) is 14.1 Å². The highest BCUT2D eigenvalue weighted by Gasteiger charge is 2.39. The fraction of sp³-hybridized carbons (Fsp3) is 0.529. The molecule has 136 valence electrons. The van der Waals surface area contributed by atoms with Crippen molar-refractivity contribution in [3.05, 3.63) is 29.8 Å².